The van der Waals surface area contributed by atoms with Crippen molar-refractivity contribution in [3.63, 3.8) is 0 Å². The van der Waals surface area contributed by atoms with E-state index in [1.54, 1.807) is 6.20 Å². The second-order valence-corrected chi connectivity index (χ2v) is 4.43. The van der Waals surface area contributed by atoms with Crippen LogP contribution in [0, 0.1) is 0 Å². The summed E-state index contributed by atoms with van der Waals surface area (Å²) in [5, 5.41) is 6.21. The molecule has 1 aliphatic heterocycles. The normalized spacial score (nSPS) is 20.1. The number of carbonyl (C=O) groups excluding carboxylic acids is 1. The Labute approximate surface area is 101 Å². The standard InChI is InChI=1S/C12H20N4O/c17-12(10-4-1-2-6-13-10)16-7-3-5-11-14-8-9-15-11/h8-10,13H,1-7H2,(H,14,15)(H,16,17)/t10-/m0/s1. The highest BCUT2D eigenvalue weighted by atomic mass is 16.2. The SMILES string of the molecule is O=C(NCCCc1ncc[nH]1)[C@@H]1CCCCN1. The first-order valence-electron chi connectivity index (χ1n) is 6.35. The molecule has 2 rings (SSSR count). The van der Waals surface area contributed by atoms with E-state index in [0.717, 1.165) is 44.6 Å². The number of nitrogens with one attached hydrogen (secondary N) is 3. The number of aromatic nitrogens is 2. The van der Waals surface area contributed by atoms with Crippen molar-refractivity contribution in [3.05, 3.63) is 18.2 Å². The van der Waals surface area contributed by atoms with Gasteiger partial charge >= 0.3 is 0 Å². The molecule has 5 heteroatoms. The molecule has 0 aromatic carbocycles. The molecular formula is C12H20N4O. The number of nitrogens with zero attached hydrogens (tertiary/aromatic N) is 1. The molecule has 0 radical (unpaired) electrons. The number of piperidine rings is 1. The van der Waals surface area contributed by atoms with Gasteiger partial charge in [-0.15, -0.1) is 0 Å². The molecule has 1 fully saturated rings. The summed E-state index contributed by atoms with van der Waals surface area (Å²) in [5.41, 5.74) is 0. The van der Waals surface area contributed by atoms with Gasteiger partial charge in [0.15, 0.2) is 0 Å². The van der Waals surface area contributed by atoms with Crippen LogP contribution in [0.15, 0.2) is 12.4 Å². The van der Waals surface area contributed by atoms with Gasteiger partial charge in [0.25, 0.3) is 0 Å². The third-order valence-corrected chi connectivity index (χ3v) is 3.07. The van der Waals surface area contributed by atoms with E-state index in [1.165, 1.54) is 6.42 Å². The maximum Gasteiger partial charge on any atom is 0.237 e. The number of aromatic amines is 1. The first-order valence-corrected chi connectivity index (χ1v) is 6.35. The summed E-state index contributed by atoms with van der Waals surface area (Å²) in [5.74, 6) is 1.12. The molecule has 1 amide bonds. The van der Waals surface area contributed by atoms with Crippen LogP contribution in [0.2, 0.25) is 0 Å². The van der Waals surface area contributed by atoms with Crippen LogP contribution in [0.5, 0.6) is 0 Å². The molecule has 94 valence electrons. The molecule has 1 aliphatic rings. The predicted octanol–water partition coefficient (Wildman–Crippen LogP) is 0.601. The van der Waals surface area contributed by atoms with E-state index in [0.29, 0.717) is 0 Å². The fraction of sp³-hybridized carbons (Fsp3) is 0.667. The lowest BCUT2D eigenvalue weighted by atomic mass is 10.0. The molecule has 1 aromatic heterocycles. The van der Waals surface area contributed by atoms with Crippen molar-refractivity contribution in [1.29, 1.82) is 0 Å². The molecule has 17 heavy (non-hydrogen) atoms. The molecule has 0 aliphatic carbocycles. The van der Waals surface area contributed by atoms with Crippen LogP contribution < -0.4 is 10.6 Å². The fourth-order valence-electron chi connectivity index (χ4n) is 2.10. The lowest BCUT2D eigenvalue weighted by Crippen LogP contribution is -2.46. The minimum absolute atomic E-state index is 0.0207. The smallest absolute Gasteiger partial charge is 0.237 e. The van der Waals surface area contributed by atoms with Gasteiger partial charge in [-0.25, -0.2) is 4.98 Å². The molecule has 0 bridgehead atoms. The quantitative estimate of drug-likeness (QED) is 0.656. The molecule has 3 N–H and O–H groups in total. The molecule has 5 nitrogen and oxygen atoms in total. The zero-order chi connectivity index (χ0) is 11.9. The molecule has 0 saturated carbocycles. The Kier molecular flexibility index (Phi) is 4.55. The maximum absolute atomic E-state index is 11.8. The summed E-state index contributed by atoms with van der Waals surface area (Å²) in [6.45, 7) is 1.68. The number of carbonyl (C=O) groups is 1. The van der Waals surface area contributed by atoms with E-state index in [-0.39, 0.29) is 11.9 Å². The van der Waals surface area contributed by atoms with Crippen LogP contribution in [0.1, 0.15) is 31.5 Å². The first kappa shape index (κ1) is 12.1. The summed E-state index contributed by atoms with van der Waals surface area (Å²) in [4.78, 5) is 19.0. The summed E-state index contributed by atoms with van der Waals surface area (Å²) < 4.78 is 0. The van der Waals surface area contributed by atoms with Gasteiger partial charge in [-0.1, -0.05) is 6.42 Å². The number of imidazole rings is 1. The number of amides is 1. The second kappa shape index (κ2) is 6.39. The molecule has 2 heterocycles. The zero-order valence-electron chi connectivity index (χ0n) is 10.0. The van der Waals surface area contributed by atoms with Gasteiger partial charge in [-0.05, 0) is 25.8 Å². The molecular weight excluding hydrogens is 216 g/mol. The van der Waals surface area contributed by atoms with E-state index in [9.17, 15) is 4.79 Å². The van der Waals surface area contributed by atoms with Crippen molar-refractivity contribution >= 4 is 5.91 Å². The molecule has 0 unspecified atom stereocenters. The fourth-order valence-corrected chi connectivity index (χ4v) is 2.10. The van der Waals surface area contributed by atoms with E-state index in [1.807, 2.05) is 6.20 Å². The highest BCUT2D eigenvalue weighted by Gasteiger charge is 2.19. The van der Waals surface area contributed by atoms with Crippen molar-refractivity contribution in [2.75, 3.05) is 13.1 Å². The third kappa shape index (κ3) is 3.85. The van der Waals surface area contributed by atoms with Gasteiger partial charge < -0.3 is 15.6 Å². The summed E-state index contributed by atoms with van der Waals surface area (Å²) >= 11 is 0. The Morgan fingerprint density at radius 1 is 1.53 bits per heavy atom. The summed E-state index contributed by atoms with van der Waals surface area (Å²) in [6.07, 6.45) is 8.67. The van der Waals surface area contributed by atoms with Gasteiger partial charge in [0, 0.05) is 25.4 Å². The third-order valence-electron chi connectivity index (χ3n) is 3.07. The monoisotopic (exact) mass is 236 g/mol. The van der Waals surface area contributed by atoms with Crippen LogP contribution in [-0.2, 0) is 11.2 Å². The highest BCUT2D eigenvalue weighted by molar-refractivity contribution is 5.81. The minimum atomic E-state index is 0.0207. The average Bonchev–Trinajstić information content (AvgIpc) is 2.88. The topological polar surface area (TPSA) is 69.8 Å². The molecule has 0 spiro atoms. The Balaban J connectivity index is 1.59. The van der Waals surface area contributed by atoms with E-state index >= 15 is 0 Å². The number of rotatable bonds is 5. The van der Waals surface area contributed by atoms with Crippen LogP contribution in [-0.4, -0.2) is 35.0 Å². The van der Waals surface area contributed by atoms with E-state index in [2.05, 4.69) is 20.6 Å². The number of hydrogen-bond donors (Lipinski definition) is 3. The molecule has 1 atom stereocenters. The summed E-state index contributed by atoms with van der Waals surface area (Å²) in [6, 6.07) is 0.0207. The minimum Gasteiger partial charge on any atom is -0.355 e. The van der Waals surface area contributed by atoms with Crippen molar-refractivity contribution in [2.24, 2.45) is 0 Å². The lowest BCUT2D eigenvalue weighted by Gasteiger charge is -2.22. The first-order chi connectivity index (χ1) is 8.36. The number of hydrogen-bond acceptors (Lipinski definition) is 3. The Morgan fingerprint density at radius 2 is 2.47 bits per heavy atom. The Bertz CT molecular complexity index is 330. The summed E-state index contributed by atoms with van der Waals surface area (Å²) in [7, 11) is 0. The van der Waals surface area contributed by atoms with Crippen LogP contribution in [0.3, 0.4) is 0 Å². The molecule has 1 saturated heterocycles. The number of H-pyrrole nitrogens is 1. The lowest BCUT2D eigenvalue weighted by molar-refractivity contribution is -0.123. The van der Waals surface area contributed by atoms with Gasteiger partial charge in [0.05, 0.1) is 6.04 Å². The number of aryl methyl sites for hydroxylation is 1. The largest absolute Gasteiger partial charge is 0.355 e. The molecule has 1 aromatic rings. The van der Waals surface area contributed by atoms with Gasteiger partial charge in [0.2, 0.25) is 5.91 Å². The van der Waals surface area contributed by atoms with Crippen molar-refractivity contribution in [3.8, 4) is 0 Å². The van der Waals surface area contributed by atoms with Crippen molar-refractivity contribution < 1.29 is 4.79 Å². The Morgan fingerprint density at radius 3 is 3.18 bits per heavy atom. The van der Waals surface area contributed by atoms with Crippen molar-refractivity contribution in [2.45, 2.75) is 38.1 Å². The average molecular weight is 236 g/mol. The van der Waals surface area contributed by atoms with Crippen LogP contribution in [0.4, 0.5) is 0 Å². The van der Waals surface area contributed by atoms with E-state index in [4.69, 9.17) is 0 Å². The van der Waals surface area contributed by atoms with Gasteiger partial charge in [0.1, 0.15) is 5.82 Å². The second-order valence-electron chi connectivity index (χ2n) is 4.43. The van der Waals surface area contributed by atoms with Crippen LogP contribution >= 0.6 is 0 Å². The van der Waals surface area contributed by atoms with Gasteiger partial charge in [-0.3, -0.25) is 4.79 Å². The highest BCUT2D eigenvalue weighted by Crippen LogP contribution is 2.06. The van der Waals surface area contributed by atoms with Crippen molar-refractivity contribution in [1.82, 2.24) is 20.6 Å². The zero-order valence-corrected chi connectivity index (χ0v) is 10.0. The van der Waals surface area contributed by atoms with Gasteiger partial charge in [-0.2, -0.15) is 0 Å². The predicted molar refractivity (Wildman–Crippen MR) is 65.6 cm³/mol. The van der Waals surface area contributed by atoms with E-state index < -0.39 is 0 Å². The maximum atomic E-state index is 11.8. The van der Waals surface area contributed by atoms with Crippen LogP contribution in [0.25, 0.3) is 0 Å². The Hall–Kier alpha value is -1.36.